The molecule has 6 nitrogen and oxygen atoms in total. The van der Waals surface area contributed by atoms with Crippen molar-refractivity contribution in [3.8, 4) is 0 Å². The summed E-state index contributed by atoms with van der Waals surface area (Å²) in [5.41, 5.74) is 3.22. The molecule has 1 saturated carbocycles. The second-order valence-electron chi connectivity index (χ2n) is 7.88. The highest BCUT2D eigenvalue weighted by Gasteiger charge is 2.49. The number of sulfone groups is 1. The van der Waals surface area contributed by atoms with E-state index in [1.807, 2.05) is 6.92 Å². The number of fused-ring (bicyclic) bond motifs is 1. The largest absolute Gasteiger partial charge is 0.370 e. The Balaban J connectivity index is 1.61. The van der Waals surface area contributed by atoms with E-state index in [9.17, 15) is 8.42 Å². The molecule has 0 radical (unpaired) electrons. The van der Waals surface area contributed by atoms with Gasteiger partial charge < -0.3 is 5.32 Å². The molecule has 0 unspecified atom stereocenters. The number of hydrogen-bond donors (Lipinski definition) is 2. The molecule has 0 aromatic carbocycles. The van der Waals surface area contributed by atoms with Crippen molar-refractivity contribution in [2.45, 2.75) is 51.9 Å². The van der Waals surface area contributed by atoms with E-state index in [2.05, 4.69) is 33.5 Å². The summed E-state index contributed by atoms with van der Waals surface area (Å²) in [6.07, 6.45) is 5.17. The summed E-state index contributed by atoms with van der Waals surface area (Å²) in [5, 5.41) is 12.0. The molecule has 2 aromatic rings. The highest BCUT2D eigenvalue weighted by atomic mass is 32.2. The van der Waals surface area contributed by atoms with E-state index in [1.54, 1.807) is 0 Å². The number of hydrogen-bond acceptors (Lipinski definition) is 5. The molecule has 2 N–H and O–H groups in total. The number of H-pyrrole nitrogens is 1. The third kappa shape index (κ3) is 3.03. The average molecular weight is 362 g/mol. The number of anilines is 1. The molecular weight excluding hydrogens is 336 g/mol. The maximum atomic E-state index is 11.6. The molecule has 2 aromatic heterocycles. The van der Waals surface area contributed by atoms with Crippen molar-refractivity contribution in [3.05, 3.63) is 17.3 Å². The van der Waals surface area contributed by atoms with Gasteiger partial charge in [0, 0.05) is 17.6 Å². The van der Waals surface area contributed by atoms with Gasteiger partial charge in [0.2, 0.25) is 0 Å². The maximum Gasteiger partial charge on any atom is 0.183 e. The normalized spacial score (nSPS) is 22.2. The van der Waals surface area contributed by atoms with Crippen LogP contribution in [0.25, 0.3) is 11.0 Å². The van der Waals surface area contributed by atoms with Crippen LogP contribution in [0.1, 0.15) is 56.2 Å². The van der Waals surface area contributed by atoms with E-state index in [0.717, 1.165) is 61.2 Å². The number of aromatic amines is 1. The molecule has 1 spiro atoms. The van der Waals surface area contributed by atoms with E-state index in [1.165, 1.54) is 5.56 Å². The number of pyridine rings is 1. The Bertz CT molecular complexity index is 881. The second-order valence-corrected chi connectivity index (χ2v) is 9.94. The Morgan fingerprint density at radius 3 is 2.68 bits per heavy atom. The SMILES string of the molecule is CCCNc1cc(C2CCC3(CC2)CS(=O)(=O)C3)c2c(C)[nH]nc2n1. The molecule has 3 heterocycles. The van der Waals surface area contributed by atoms with Crippen molar-refractivity contribution < 1.29 is 8.42 Å². The van der Waals surface area contributed by atoms with E-state index in [0.29, 0.717) is 17.4 Å². The van der Waals surface area contributed by atoms with E-state index < -0.39 is 9.84 Å². The van der Waals surface area contributed by atoms with Crippen LogP contribution in [0.3, 0.4) is 0 Å². The smallest absolute Gasteiger partial charge is 0.183 e. The highest BCUT2D eigenvalue weighted by Crippen LogP contribution is 2.50. The fraction of sp³-hybridized carbons (Fsp3) is 0.667. The summed E-state index contributed by atoms with van der Waals surface area (Å²) in [6.45, 7) is 5.08. The zero-order chi connectivity index (χ0) is 17.7. The third-order valence-electron chi connectivity index (χ3n) is 5.83. The van der Waals surface area contributed by atoms with Gasteiger partial charge in [0.25, 0.3) is 0 Å². The summed E-state index contributed by atoms with van der Waals surface area (Å²) in [6, 6.07) is 2.18. The molecule has 1 aliphatic carbocycles. The minimum Gasteiger partial charge on any atom is -0.370 e. The lowest BCUT2D eigenvalue weighted by Crippen LogP contribution is -2.50. The van der Waals surface area contributed by atoms with Crippen LogP contribution in [0.15, 0.2) is 6.07 Å². The van der Waals surface area contributed by atoms with Gasteiger partial charge in [0.1, 0.15) is 5.82 Å². The van der Waals surface area contributed by atoms with Crippen LogP contribution in [0, 0.1) is 12.3 Å². The molecule has 2 aliphatic rings. The third-order valence-corrected chi connectivity index (χ3v) is 7.93. The first-order chi connectivity index (χ1) is 11.9. The van der Waals surface area contributed by atoms with Crippen LogP contribution in [-0.4, -0.2) is 41.6 Å². The molecule has 0 amide bonds. The molecule has 1 aliphatic heterocycles. The van der Waals surface area contributed by atoms with Crippen LogP contribution in [0.4, 0.5) is 5.82 Å². The predicted molar refractivity (Wildman–Crippen MR) is 99.7 cm³/mol. The second kappa shape index (κ2) is 5.97. The lowest BCUT2D eigenvalue weighted by molar-refractivity contribution is 0.209. The summed E-state index contributed by atoms with van der Waals surface area (Å²) in [4.78, 5) is 4.63. The lowest BCUT2D eigenvalue weighted by atomic mass is 9.70. The number of nitrogens with one attached hydrogen (secondary N) is 2. The first-order valence-electron chi connectivity index (χ1n) is 9.21. The number of aryl methyl sites for hydroxylation is 1. The minimum absolute atomic E-state index is 0.0657. The molecule has 1 saturated heterocycles. The zero-order valence-electron chi connectivity index (χ0n) is 14.9. The van der Waals surface area contributed by atoms with Gasteiger partial charge in [0.05, 0.1) is 11.5 Å². The number of aromatic nitrogens is 3. The Morgan fingerprint density at radius 1 is 1.32 bits per heavy atom. The average Bonchev–Trinajstić information content (AvgIpc) is 2.92. The summed E-state index contributed by atoms with van der Waals surface area (Å²) in [5.74, 6) is 2.14. The summed E-state index contributed by atoms with van der Waals surface area (Å²) in [7, 11) is -2.76. The van der Waals surface area contributed by atoms with Crippen LogP contribution in [0.5, 0.6) is 0 Å². The van der Waals surface area contributed by atoms with Crippen molar-refractivity contribution >= 4 is 26.7 Å². The first kappa shape index (κ1) is 16.8. The van der Waals surface area contributed by atoms with E-state index in [4.69, 9.17) is 0 Å². The quantitative estimate of drug-likeness (QED) is 0.872. The summed E-state index contributed by atoms with van der Waals surface area (Å²) < 4.78 is 23.2. The van der Waals surface area contributed by atoms with Crippen molar-refractivity contribution in [2.24, 2.45) is 5.41 Å². The van der Waals surface area contributed by atoms with E-state index >= 15 is 0 Å². The highest BCUT2D eigenvalue weighted by molar-refractivity contribution is 7.92. The lowest BCUT2D eigenvalue weighted by Gasteiger charge is -2.46. The zero-order valence-corrected chi connectivity index (χ0v) is 15.7. The molecule has 7 heteroatoms. The standard InChI is InChI=1S/C18H26N4O2S/c1-3-8-19-15-9-14(16-12(2)21-22-17(16)20-15)13-4-6-18(7-5-13)10-25(23,24)11-18/h9,13H,3-8,10-11H2,1-2H3,(H2,19,20,21,22). The summed E-state index contributed by atoms with van der Waals surface area (Å²) >= 11 is 0. The molecule has 0 atom stereocenters. The Hall–Kier alpha value is -1.63. The van der Waals surface area contributed by atoms with Crippen molar-refractivity contribution in [2.75, 3.05) is 23.4 Å². The van der Waals surface area contributed by atoms with Crippen molar-refractivity contribution in [3.63, 3.8) is 0 Å². The molecule has 136 valence electrons. The molecule has 2 fully saturated rings. The topological polar surface area (TPSA) is 87.7 Å². The van der Waals surface area contributed by atoms with Crippen molar-refractivity contribution in [1.82, 2.24) is 15.2 Å². The van der Waals surface area contributed by atoms with Gasteiger partial charge in [-0.2, -0.15) is 5.10 Å². The van der Waals surface area contributed by atoms with Gasteiger partial charge in [-0.25, -0.2) is 13.4 Å². The van der Waals surface area contributed by atoms with Crippen LogP contribution in [0.2, 0.25) is 0 Å². The van der Waals surface area contributed by atoms with Gasteiger partial charge >= 0.3 is 0 Å². The maximum absolute atomic E-state index is 11.6. The minimum atomic E-state index is -2.76. The predicted octanol–water partition coefficient (Wildman–Crippen LogP) is 3.16. The Kier molecular flexibility index (Phi) is 4.02. The molecule has 0 bridgehead atoms. The molecule has 25 heavy (non-hydrogen) atoms. The van der Waals surface area contributed by atoms with Gasteiger partial charge in [-0.3, -0.25) is 5.10 Å². The van der Waals surface area contributed by atoms with Gasteiger partial charge in [-0.05, 0) is 62.0 Å². The number of rotatable bonds is 4. The molecule has 4 rings (SSSR count). The van der Waals surface area contributed by atoms with Crippen LogP contribution < -0.4 is 5.32 Å². The van der Waals surface area contributed by atoms with Gasteiger partial charge in [-0.1, -0.05) is 6.92 Å². The monoisotopic (exact) mass is 362 g/mol. The first-order valence-corrected chi connectivity index (χ1v) is 11.0. The fourth-order valence-corrected chi connectivity index (χ4v) is 6.95. The number of nitrogens with zero attached hydrogens (tertiary/aromatic N) is 2. The molecular formula is C18H26N4O2S. The fourth-order valence-electron chi connectivity index (χ4n) is 4.59. The van der Waals surface area contributed by atoms with Crippen molar-refractivity contribution in [1.29, 1.82) is 0 Å². The van der Waals surface area contributed by atoms with Crippen LogP contribution in [-0.2, 0) is 9.84 Å². The Morgan fingerprint density at radius 2 is 2.04 bits per heavy atom. The van der Waals surface area contributed by atoms with E-state index in [-0.39, 0.29) is 5.41 Å². The van der Waals surface area contributed by atoms with Crippen LogP contribution >= 0.6 is 0 Å². The van der Waals surface area contributed by atoms with Gasteiger partial charge in [0.15, 0.2) is 15.5 Å². The Labute approximate surface area is 148 Å². The van der Waals surface area contributed by atoms with Gasteiger partial charge in [-0.15, -0.1) is 0 Å².